The van der Waals surface area contributed by atoms with E-state index in [0.717, 1.165) is 0 Å². The lowest BCUT2D eigenvalue weighted by Crippen LogP contribution is -2.53. The van der Waals surface area contributed by atoms with Gasteiger partial charge >= 0.3 is 12.4 Å². The summed E-state index contributed by atoms with van der Waals surface area (Å²) in [5.74, 6) is -1.26. The zero-order valence-corrected chi connectivity index (χ0v) is 11.5. The van der Waals surface area contributed by atoms with Crippen LogP contribution in [-0.4, -0.2) is 34.5 Å². The van der Waals surface area contributed by atoms with Crippen molar-refractivity contribution in [3.63, 3.8) is 0 Å². The van der Waals surface area contributed by atoms with Crippen LogP contribution in [-0.2, 0) is 10.4 Å². The zero-order chi connectivity index (χ0) is 17.3. The van der Waals surface area contributed by atoms with Gasteiger partial charge in [0.05, 0.1) is 4.88 Å². The first-order chi connectivity index (χ1) is 9.84. The monoisotopic (exact) mass is 354 g/mol. The Labute approximate surface area is 123 Å². The molecule has 0 radical (unpaired) electrons. The van der Waals surface area contributed by atoms with Gasteiger partial charge in [-0.1, -0.05) is 18.3 Å². The number of nitrogens with zero attached hydrogens (tertiary/aromatic N) is 1. The van der Waals surface area contributed by atoms with Gasteiger partial charge in [-0.15, -0.1) is 0 Å². The van der Waals surface area contributed by atoms with Crippen LogP contribution in [0.5, 0.6) is 0 Å². The molecule has 1 heterocycles. The third kappa shape index (κ3) is 3.32. The minimum absolute atomic E-state index is 0.125. The number of alkyl halides is 7. The van der Waals surface area contributed by atoms with Gasteiger partial charge in [-0.25, -0.2) is 9.37 Å². The van der Waals surface area contributed by atoms with E-state index in [4.69, 9.17) is 5.11 Å². The number of nitrogens with one attached hydrogen (secondary N) is 1. The number of carbonyl (C=O) groups is 1. The van der Waals surface area contributed by atoms with Crippen LogP contribution in [0.4, 0.5) is 35.9 Å². The predicted octanol–water partition coefficient (Wildman–Crippen LogP) is 3.14. The molecule has 1 atom stereocenters. The van der Waals surface area contributed by atoms with Crippen LogP contribution in [0.15, 0.2) is 6.20 Å². The van der Waals surface area contributed by atoms with E-state index in [-0.39, 0.29) is 24.0 Å². The molecule has 1 aromatic heterocycles. The molecular weight excluding hydrogens is 345 g/mol. The van der Waals surface area contributed by atoms with E-state index in [1.54, 1.807) is 5.32 Å². The Balaban J connectivity index is 3.15. The summed E-state index contributed by atoms with van der Waals surface area (Å²) in [6.45, 7) is 1.31. The van der Waals surface area contributed by atoms with Gasteiger partial charge in [0.2, 0.25) is 0 Å². The minimum Gasteiger partial charge on any atom is -0.369 e. The highest BCUT2D eigenvalue weighted by Gasteiger charge is 2.72. The Morgan fingerprint density at radius 3 is 2.23 bits per heavy atom. The largest absolute Gasteiger partial charge is 0.431 e. The Bertz CT molecular complexity index is 526. The summed E-state index contributed by atoms with van der Waals surface area (Å²) in [5, 5.41) is 10.1. The molecule has 0 saturated heterocycles. The summed E-state index contributed by atoms with van der Waals surface area (Å²) < 4.78 is 88.6. The average Bonchev–Trinajstić information content (AvgIpc) is 2.82. The van der Waals surface area contributed by atoms with Crippen LogP contribution in [0.3, 0.4) is 0 Å². The second kappa shape index (κ2) is 5.99. The molecule has 1 unspecified atom stereocenters. The molecule has 0 bridgehead atoms. The van der Waals surface area contributed by atoms with Crippen molar-refractivity contribution in [2.45, 2.75) is 37.5 Å². The first-order valence-electron chi connectivity index (χ1n) is 5.61. The lowest BCUT2D eigenvalue weighted by atomic mass is 10.0. The molecule has 0 fully saturated rings. The molecule has 0 aliphatic heterocycles. The number of carbonyl (C=O) groups excluding carboxylic acids is 1. The Morgan fingerprint density at radius 2 is 1.82 bits per heavy atom. The SMILES string of the molecule is CCC(F)C(=O)Nc1ncc(C(O)(C(F)(F)F)C(F)(F)F)s1. The normalized spacial score (nSPS) is 14.8. The van der Waals surface area contributed by atoms with Crippen molar-refractivity contribution in [2.75, 3.05) is 5.32 Å². The number of hydrogen-bond donors (Lipinski definition) is 2. The number of aliphatic hydroxyl groups is 1. The van der Waals surface area contributed by atoms with Gasteiger partial charge in [-0.3, -0.25) is 10.1 Å². The van der Waals surface area contributed by atoms with E-state index >= 15 is 0 Å². The molecule has 2 N–H and O–H groups in total. The van der Waals surface area contributed by atoms with Gasteiger partial charge in [0.25, 0.3) is 11.5 Å². The number of hydrogen-bond acceptors (Lipinski definition) is 4. The van der Waals surface area contributed by atoms with Crippen molar-refractivity contribution >= 4 is 22.4 Å². The Morgan fingerprint density at radius 1 is 1.32 bits per heavy atom. The van der Waals surface area contributed by atoms with Gasteiger partial charge in [-0.05, 0) is 6.42 Å². The van der Waals surface area contributed by atoms with Crippen LogP contribution in [0.2, 0.25) is 0 Å². The van der Waals surface area contributed by atoms with Crippen molar-refractivity contribution in [3.05, 3.63) is 11.1 Å². The number of rotatable bonds is 4. The molecule has 0 aliphatic rings. The summed E-state index contributed by atoms with van der Waals surface area (Å²) in [6, 6.07) is 0. The topological polar surface area (TPSA) is 62.2 Å². The second-order valence-electron chi connectivity index (χ2n) is 4.10. The number of aromatic nitrogens is 1. The Kier molecular flexibility index (Phi) is 5.07. The highest BCUT2D eigenvalue weighted by Crippen LogP contribution is 2.51. The summed E-state index contributed by atoms with van der Waals surface area (Å²) in [5.41, 5.74) is -5.12. The average molecular weight is 354 g/mol. The number of anilines is 1. The third-order valence-electron chi connectivity index (χ3n) is 2.56. The van der Waals surface area contributed by atoms with Crippen LogP contribution < -0.4 is 5.32 Å². The molecule has 1 aromatic rings. The van der Waals surface area contributed by atoms with E-state index in [9.17, 15) is 35.5 Å². The molecule has 126 valence electrons. The Hall–Kier alpha value is -1.43. The van der Waals surface area contributed by atoms with E-state index in [0.29, 0.717) is 0 Å². The fourth-order valence-corrected chi connectivity index (χ4v) is 2.26. The second-order valence-corrected chi connectivity index (χ2v) is 5.13. The standard InChI is InChI=1S/C10H9F7N2O2S/c1-2-4(11)6(20)19-7-18-3-5(22-7)8(21,9(12,13)14)10(15,16)17/h3-4,21H,2H2,1H3,(H,18,19,20). The summed E-state index contributed by atoms with van der Waals surface area (Å²) in [4.78, 5) is 12.7. The highest BCUT2D eigenvalue weighted by atomic mass is 32.1. The molecule has 0 aromatic carbocycles. The van der Waals surface area contributed by atoms with Gasteiger partial charge < -0.3 is 5.11 Å². The van der Waals surface area contributed by atoms with Crippen LogP contribution in [0.1, 0.15) is 18.2 Å². The van der Waals surface area contributed by atoms with E-state index in [1.807, 2.05) is 0 Å². The quantitative estimate of drug-likeness (QED) is 0.817. The van der Waals surface area contributed by atoms with Crippen molar-refractivity contribution in [3.8, 4) is 0 Å². The van der Waals surface area contributed by atoms with Gasteiger partial charge in [0, 0.05) is 6.20 Å². The maximum Gasteiger partial charge on any atom is 0.431 e. The zero-order valence-electron chi connectivity index (χ0n) is 10.7. The molecule has 12 heteroatoms. The minimum atomic E-state index is -6.05. The summed E-state index contributed by atoms with van der Waals surface area (Å²) in [7, 11) is 0. The van der Waals surface area contributed by atoms with Gasteiger partial charge in [-0.2, -0.15) is 26.3 Å². The van der Waals surface area contributed by atoms with Gasteiger partial charge in [0.1, 0.15) is 0 Å². The maximum absolute atomic E-state index is 13.0. The fraction of sp³-hybridized carbons (Fsp3) is 0.600. The van der Waals surface area contributed by atoms with Gasteiger partial charge in [0.15, 0.2) is 11.3 Å². The predicted molar refractivity (Wildman–Crippen MR) is 61.9 cm³/mol. The summed E-state index contributed by atoms with van der Waals surface area (Å²) >= 11 is -0.250. The van der Waals surface area contributed by atoms with Crippen LogP contribution >= 0.6 is 11.3 Å². The first-order valence-corrected chi connectivity index (χ1v) is 6.43. The van der Waals surface area contributed by atoms with Crippen LogP contribution in [0.25, 0.3) is 0 Å². The molecule has 0 saturated carbocycles. The van der Waals surface area contributed by atoms with E-state index < -0.39 is 40.0 Å². The number of thiazole rings is 1. The smallest absolute Gasteiger partial charge is 0.369 e. The molecule has 4 nitrogen and oxygen atoms in total. The molecule has 0 aliphatic carbocycles. The van der Waals surface area contributed by atoms with Crippen molar-refractivity contribution < 1.29 is 40.6 Å². The maximum atomic E-state index is 13.0. The molecular formula is C10H9F7N2O2S. The third-order valence-corrected chi connectivity index (χ3v) is 3.58. The molecule has 0 spiro atoms. The van der Waals surface area contributed by atoms with Crippen LogP contribution in [0, 0.1) is 0 Å². The van der Waals surface area contributed by atoms with Crippen molar-refractivity contribution in [2.24, 2.45) is 0 Å². The first kappa shape index (κ1) is 18.6. The highest BCUT2D eigenvalue weighted by molar-refractivity contribution is 7.15. The lowest BCUT2D eigenvalue weighted by molar-refractivity contribution is -0.375. The number of amides is 1. The van der Waals surface area contributed by atoms with E-state index in [1.165, 1.54) is 6.92 Å². The van der Waals surface area contributed by atoms with Crippen molar-refractivity contribution in [1.82, 2.24) is 4.98 Å². The van der Waals surface area contributed by atoms with E-state index in [2.05, 4.69) is 4.98 Å². The summed E-state index contributed by atoms with van der Waals surface area (Å²) in [6.07, 6.45) is -14.2. The van der Waals surface area contributed by atoms with Crippen molar-refractivity contribution in [1.29, 1.82) is 0 Å². The molecule has 1 amide bonds. The fourth-order valence-electron chi connectivity index (χ4n) is 1.31. The molecule has 22 heavy (non-hydrogen) atoms. The molecule has 1 rings (SSSR count). The number of halogens is 7. The lowest BCUT2D eigenvalue weighted by Gasteiger charge is -2.30.